The van der Waals surface area contributed by atoms with E-state index in [1.54, 1.807) is 12.1 Å². The van der Waals surface area contributed by atoms with Gasteiger partial charge in [-0.25, -0.2) is 4.39 Å². The highest BCUT2D eigenvalue weighted by Gasteiger charge is 2.26. The second kappa shape index (κ2) is 11.4. The van der Waals surface area contributed by atoms with Crippen LogP contribution in [0.4, 0.5) is 4.39 Å². The summed E-state index contributed by atoms with van der Waals surface area (Å²) in [6.45, 7) is 2.79. The smallest absolute Gasteiger partial charge is 0.129 e. The number of nitrogens with zero attached hydrogens (tertiary/aromatic N) is 1. The second-order valence-electron chi connectivity index (χ2n) is 7.84. The number of benzene rings is 2. The Morgan fingerprint density at radius 1 is 1.03 bits per heavy atom. The van der Waals surface area contributed by atoms with E-state index in [1.165, 1.54) is 0 Å². The van der Waals surface area contributed by atoms with Gasteiger partial charge in [-0.2, -0.15) is 0 Å². The van der Waals surface area contributed by atoms with Crippen molar-refractivity contribution in [2.45, 2.75) is 50.9 Å². The summed E-state index contributed by atoms with van der Waals surface area (Å²) in [6.07, 6.45) is 4.17. The van der Waals surface area contributed by atoms with Gasteiger partial charge in [-0.1, -0.05) is 42.5 Å². The summed E-state index contributed by atoms with van der Waals surface area (Å²) in [5.41, 5.74) is 2.46. The van der Waals surface area contributed by atoms with Crippen LogP contribution in [0.25, 0.3) is 11.1 Å². The first-order chi connectivity index (χ1) is 14.2. The first-order valence-corrected chi connectivity index (χ1v) is 10.6. The van der Waals surface area contributed by atoms with E-state index in [1.807, 2.05) is 36.4 Å². The van der Waals surface area contributed by atoms with E-state index in [4.69, 9.17) is 4.74 Å². The van der Waals surface area contributed by atoms with Gasteiger partial charge in [-0.05, 0) is 55.8 Å². The Balaban J connectivity index is 1.33. The van der Waals surface area contributed by atoms with Crippen LogP contribution in [0.1, 0.15) is 37.7 Å². The fraction of sp³-hybridized carbons (Fsp3) is 0.500. The molecule has 1 saturated heterocycles. The predicted molar refractivity (Wildman–Crippen MR) is 113 cm³/mol. The molecule has 1 aliphatic heterocycles. The van der Waals surface area contributed by atoms with Crippen molar-refractivity contribution in [3.05, 3.63) is 59.9 Å². The Kier molecular flexibility index (Phi) is 8.62. The Morgan fingerprint density at radius 2 is 1.86 bits per heavy atom. The number of piperidine rings is 1. The van der Waals surface area contributed by atoms with Crippen LogP contribution in [0, 0.1) is 5.82 Å². The molecule has 0 radical (unpaired) electrons. The molecule has 2 atom stereocenters. The van der Waals surface area contributed by atoms with E-state index in [9.17, 15) is 14.6 Å². The van der Waals surface area contributed by atoms with Gasteiger partial charge in [-0.15, -0.1) is 0 Å². The normalized spacial score (nSPS) is 20.1. The third-order valence-electron chi connectivity index (χ3n) is 5.67. The van der Waals surface area contributed by atoms with Crippen molar-refractivity contribution in [2.24, 2.45) is 0 Å². The third-order valence-corrected chi connectivity index (χ3v) is 5.67. The maximum atomic E-state index is 14.3. The van der Waals surface area contributed by atoms with Crippen LogP contribution >= 0.6 is 0 Å². The zero-order valence-corrected chi connectivity index (χ0v) is 17.0. The van der Waals surface area contributed by atoms with Crippen LogP contribution in [-0.4, -0.2) is 53.6 Å². The summed E-state index contributed by atoms with van der Waals surface area (Å²) in [6, 6.07) is 15.2. The Labute approximate surface area is 172 Å². The van der Waals surface area contributed by atoms with Crippen LogP contribution in [0.2, 0.25) is 0 Å². The lowest BCUT2D eigenvalue weighted by molar-refractivity contribution is 0.0160. The molecular formula is C24H32FNO3. The number of aliphatic hydroxyl groups excluding tert-OH is 2. The SMILES string of the molecule is OCC1CC(O)CCN1CCCCCOCc1ccc(-c2ccccc2)cc1F. The Hall–Kier alpha value is -1.79. The van der Waals surface area contributed by atoms with Gasteiger partial charge in [0.15, 0.2) is 0 Å². The van der Waals surface area contributed by atoms with Crippen LogP contribution in [0.5, 0.6) is 0 Å². The van der Waals surface area contributed by atoms with E-state index in [-0.39, 0.29) is 31.2 Å². The molecule has 0 bridgehead atoms. The molecule has 2 N–H and O–H groups in total. The summed E-state index contributed by atoms with van der Waals surface area (Å²) in [4.78, 5) is 2.28. The lowest BCUT2D eigenvalue weighted by atomic mass is 9.99. The zero-order valence-electron chi connectivity index (χ0n) is 17.0. The summed E-state index contributed by atoms with van der Waals surface area (Å²) in [5.74, 6) is -0.228. The highest BCUT2D eigenvalue weighted by Crippen LogP contribution is 2.22. The molecule has 158 valence electrons. The standard InChI is InChI=1S/C24H32FNO3/c25-24-15-20(19-7-3-1-4-8-19)9-10-21(24)18-29-14-6-2-5-12-26-13-11-23(28)16-22(26)17-27/h1,3-4,7-10,15,22-23,27-28H,2,5-6,11-14,16-18H2. The summed E-state index contributed by atoms with van der Waals surface area (Å²) in [5, 5.41) is 19.2. The van der Waals surface area contributed by atoms with E-state index < -0.39 is 0 Å². The molecular weight excluding hydrogens is 369 g/mol. The second-order valence-corrected chi connectivity index (χ2v) is 7.84. The number of rotatable bonds is 10. The first-order valence-electron chi connectivity index (χ1n) is 10.6. The molecule has 5 heteroatoms. The number of halogens is 1. The lowest BCUT2D eigenvalue weighted by Gasteiger charge is -2.36. The molecule has 0 amide bonds. The fourth-order valence-corrected chi connectivity index (χ4v) is 3.92. The topological polar surface area (TPSA) is 52.9 Å². The molecule has 2 aromatic rings. The average Bonchev–Trinajstić information content (AvgIpc) is 2.75. The average molecular weight is 402 g/mol. The zero-order chi connectivity index (χ0) is 20.5. The molecule has 0 aromatic heterocycles. The van der Waals surface area contributed by atoms with Gasteiger partial charge < -0.3 is 14.9 Å². The van der Waals surface area contributed by atoms with Gasteiger partial charge in [0.2, 0.25) is 0 Å². The number of aliphatic hydroxyl groups is 2. The molecule has 1 fully saturated rings. The minimum atomic E-state index is -0.279. The summed E-state index contributed by atoms with van der Waals surface area (Å²) in [7, 11) is 0. The molecule has 29 heavy (non-hydrogen) atoms. The Morgan fingerprint density at radius 3 is 2.62 bits per heavy atom. The third kappa shape index (κ3) is 6.61. The molecule has 1 heterocycles. The van der Waals surface area contributed by atoms with Gasteiger partial charge in [-0.3, -0.25) is 4.90 Å². The van der Waals surface area contributed by atoms with E-state index in [2.05, 4.69) is 4.90 Å². The molecule has 1 aliphatic rings. The molecule has 0 aliphatic carbocycles. The number of hydrogen-bond acceptors (Lipinski definition) is 4. The van der Waals surface area contributed by atoms with Crippen molar-refractivity contribution < 1.29 is 19.3 Å². The maximum absolute atomic E-state index is 14.3. The first kappa shape index (κ1) is 21.9. The van der Waals surface area contributed by atoms with Gasteiger partial charge in [0.05, 0.1) is 19.3 Å². The van der Waals surface area contributed by atoms with Crippen molar-refractivity contribution in [1.82, 2.24) is 4.90 Å². The van der Waals surface area contributed by atoms with Gasteiger partial charge >= 0.3 is 0 Å². The van der Waals surface area contributed by atoms with Crippen LogP contribution < -0.4 is 0 Å². The van der Waals surface area contributed by atoms with Crippen LogP contribution in [0.15, 0.2) is 48.5 Å². The molecule has 0 saturated carbocycles. The highest BCUT2D eigenvalue weighted by atomic mass is 19.1. The minimum absolute atomic E-state index is 0.0804. The molecule has 0 spiro atoms. The van der Waals surface area contributed by atoms with Gasteiger partial charge in [0.25, 0.3) is 0 Å². The monoisotopic (exact) mass is 401 g/mol. The van der Waals surface area contributed by atoms with Gasteiger partial charge in [0, 0.05) is 24.8 Å². The van der Waals surface area contributed by atoms with Crippen molar-refractivity contribution in [3.63, 3.8) is 0 Å². The molecule has 2 unspecified atom stereocenters. The van der Waals surface area contributed by atoms with Crippen molar-refractivity contribution in [1.29, 1.82) is 0 Å². The number of hydrogen-bond donors (Lipinski definition) is 2. The number of unbranched alkanes of at least 4 members (excludes halogenated alkanes) is 2. The largest absolute Gasteiger partial charge is 0.395 e. The summed E-state index contributed by atoms with van der Waals surface area (Å²) < 4.78 is 20.0. The number of likely N-dealkylation sites (tertiary alicyclic amines) is 1. The highest BCUT2D eigenvalue weighted by molar-refractivity contribution is 5.63. The number of ether oxygens (including phenoxy) is 1. The Bertz CT molecular complexity index is 740. The molecule has 3 rings (SSSR count). The van der Waals surface area contributed by atoms with Crippen molar-refractivity contribution >= 4 is 0 Å². The van der Waals surface area contributed by atoms with Crippen LogP contribution in [-0.2, 0) is 11.3 Å². The quantitative estimate of drug-likeness (QED) is 0.591. The predicted octanol–water partition coefficient (Wildman–Crippen LogP) is 4.00. The molecule has 2 aromatic carbocycles. The summed E-state index contributed by atoms with van der Waals surface area (Å²) >= 11 is 0. The molecule has 4 nitrogen and oxygen atoms in total. The minimum Gasteiger partial charge on any atom is -0.395 e. The van der Waals surface area contributed by atoms with E-state index >= 15 is 0 Å². The van der Waals surface area contributed by atoms with Gasteiger partial charge in [0.1, 0.15) is 5.82 Å². The lowest BCUT2D eigenvalue weighted by Crippen LogP contribution is -2.46. The van der Waals surface area contributed by atoms with Crippen LogP contribution in [0.3, 0.4) is 0 Å². The van der Waals surface area contributed by atoms with Crippen molar-refractivity contribution in [2.75, 3.05) is 26.3 Å². The van der Waals surface area contributed by atoms with E-state index in [0.29, 0.717) is 18.6 Å². The fourth-order valence-electron chi connectivity index (χ4n) is 3.92. The maximum Gasteiger partial charge on any atom is 0.129 e. The van der Waals surface area contributed by atoms with E-state index in [0.717, 1.165) is 49.9 Å². The van der Waals surface area contributed by atoms with Crippen molar-refractivity contribution in [3.8, 4) is 11.1 Å².